The summed E-state index contributed by atoms with van der Waals surface area (Å²) in [5.74, 6) is 0.0590. The van der Waals surface area contributed by atoms with Crippen molar-refractivity contribution in [2.24, 2.45) is 0 Å². The SMILES string of the molecule is CC1(C)C=Cc2c(cc3c(c2O)C(=O)C(c2cc(O)c4c(c2)C=CC(C)(C)O4)CO3)O1. The predicted octanol–water partition coefficient (Wildman–Crippen LogP) is 4.83. The number of aromatic hydroxyl groups is 2. The van der Waals surface area contributed by atoms with Crippen LogP contribution in [-0.2, 0) is 0 Å². The number of phenolic OH excluding ortho intramolecular Hbond substituents is 2. The first-order valence-electron chi connectivity index (χ1n) is 10.2. The van der Waals surface area contributed by atoms with Gasteiger partial charge in [-0.3, -0.25) is 4.79 Å². The van der Waals surface area contributed by atoms with Gasteiger partial charge in [-0.2, -0.15) is 0 Å². The highest BCUT2D eigenvalue weighted by molar-refractivity contribution is 6.07. The first-order valence-corrected chi connectivity index (χ1v) is 10.2. The van der Waals surface area contributed by atoms with Crippen molar-refractivity contribution in [3.63, 3.8) is 0 Å². The van der Waals surface area contributed by atoms with Crippen molar-refractivity contribution in [3.05, 3.63) is 52.6 Å². The number of fused-ring (bicyclic) bond motifs is 3. The maximum absolute atomic E-state index is 13.4. The number of benzene rings is 2. The number of ketones is 1. The molecule has 0 aromatic heterocycles. The minimum absolute atomic E-state index is 0.0308. The molecule has 0 bridgehead atoms. The zero-order valence-electron chi connectivity index (χ0n) is 17.9. The Balaban J connectivity index is 1.55. The number of hydrogen-bond donors (Lipinski definition) is 2. The van der Waals surface area contributed by atoms with Crippen LogP contribution in [0.2, 0.25) is 0 Å². The molecule has 0 radical (unpaired) electrons. The molecular weight excluding hydrogens is 396 g/mol. The van der Waals surface area contributed by atoms with E-state index < -0.39 is 17.1 Å². The molecule has 5 rings (SSSR count). The average Bonchev–Trinajstić information content (AvgIpc) is 2.67. The summed E-state index contributed by atoms with van der Waals surface area (Å²) in [6.45, 7) is 7.72. The third-order valence-electron chi connectivity index (χ3n) is 5.81. The second kappa shape index (κ2) is 6.30. The van der Waals surface area contributed by atoms with E-state index >= 15 is 0 Å². The standard InChI is InChI=1S/C25H24O6/c1-24(2)8-6-15-18(30-24)11-19-20(21(15)27)22(28)16(12-29-19)14-9-13-5-7-25(3,4)31-23(13)17(26)10-14/h5-11,16,26-27H,12H2,1-4H3. The van der Waals surface area contributed by atoms with E-state index in [-0.39, 0.29) is 29.5 Å². The molecule has 6 heteroatoms. The predicted molar refractivity (Wildman–Crippen MR) is 116 cm³/mol. The molecule has 0 aliphatic carbocycles. The largest absolute Gasteiger partial charge is 0.506 e. The molecule has 2 N–H and O–H groups in total. The summed E-state index contributed by atoms with van der Waals surface area (Å²) >= 11 is 0. The van der Waals surface area contributed by atoms with Gasteiger partial charge in [0.15, 0.2) is 17.3 Å². The average molecular weight is 420 g/mol. The number of Topliss-reactive ketones (excluding diaryl/α,β-unsaturated/α-hetero) is 1. The van der Waals surface area contributed by atoms with E-state index in [1.165, 1.54) is 6.07 Å². The molecule has 1 unspecified atom stereocenters. The van der Waals surface area contributed by atoms with Crippen LogP contribution in [0.1, 0.15) is 60.7 Å². The summed E-state index contributed by atoms with van der Waals surface area (Å²) in [7, 11) is 0. The second-order valence-corrected chi connectivity index (χ2v) is 9.27. The van der Waals surface area contributed by atoms with E-state index in [1.54, 1.807) is 12.1 Å². The van der Waals surface area contributed by atoms with Crippen LogP contribution in [0.3, 0.4) is 0 Å². The first kappa shape index (κ1) is 19.5. The lowest BCUT2D eigenvalue weighted by molar-refractivity contribution is 0.0890. The number of phenols is 2. The van der Waals surface area contributed by atoms with Gasteiger partial charge in [0.2, 0.25) is 0 Å². The first-order chi connectivity index (χ1) is 14.5. The summed E-state index contributed by atoms with van der Waals surface area (Å²) < 4.78 is 17.7. The molecule has 6 nitrogen and oxygen atoms in total. The highest BCUT2D eigenvalue weighted by Crippen LogP contribution is 2.48. The zero-order valence-corrected chi connectivity index (χ0v) is 17.9. The number of hydrogen-bond acceptors (Lipinski definition) is 6. The van der Waals surface area contributed by atoms with Crippen LogP contribution in [0, 0.1) is 0 Å². The van der Waals surface area contributed by atoms with Gasteiger partial charge in [0.05, 0.1) is 11.5 Å². The molecule has 0 spiro atoms. The van der Waals surface area contributed by atoms with E-state index in [2.05, 4.69) is 0 Å². The van der Waals surface area contributed by atoms with Gasteiger partial charge in [0.1, 0.15) is 40.6 Å². The van der Waals surface area contributed by atoms with Crippen LogP contribution >= 0.6 is 0 Å². The Labute approximate surface area is 180 Å². The summed E-state index contributed by atoms with van der Waals surface area (Å²) in [6, 6.07) is 5.01. The maximum Gasteiger partial charge on any atom is 0.181 e. The number of carbonyl (C=O) groups is 1. The Hall–Kier alpha value is -3.41. The van der Waals surface area contributed by atoms with Crippen LogP contribution in [0.15, 0.2) is 30.4 Å². The lowest BCUT2D eigenvalue weighted by atomic mass is 9.85. The van der Waals surface area contributed by atoms with Crippen LogP contribution < -0.4 is 14.2 Å². The van der Waals surface area contributed by atoms with Gasteiger partial charge in [-0.05, 0) is 63.6 Å². The van der Waals surface area contributed by atoms with Crippen molar-refractivity contribution in [1.82, 2.24) is 0 Å². The minimum atomic E-state index is -0.666. The van der Waals surface area contributed by atoms with Crippen LogP contribution in [0.4, 0.5) is 0 Å². The summed E-state index contributed by atoms with van der Waals surface area (Å²) in [6.07, 6.45) is 7.38. The lowest BCUT2D eigenvalue weighted by Crippen LogP contribution is -2.30. The Morgan fingerprint density at radius 1 is 0.935 bits per heavy atom. The molecule has 2 aromatic rings. The topological polar surface area (TPSA) is 85.2 Å². The van der Waals surface area contributed by atoms with Crippen LogP contribution in [-0.4, -0.2) is 33.8 Å². The summed E-state index contributed by atoms with van der Waals surface area (Å²) in [4.78, 5) is 13.4. The summed E-state index contributed by atoms with van der Waals surface area (Å²) in [5.41, 5.74) is 0.852. The monoisotopic (exact) mass is 420 g/mol. The van der Waals surface area contributed by atoms with Crippen molar-refractivity contribution < 1.29 is 29.2 Å². The van der Waals surface area contributed by atoms with Crippen molar-refractivity contribution in [1.29, 1.82) is 0 Å². The highest BCUT2D eigenvalue weighted by Gasteiger charge is 2.37. The Morgan fingerprint density at radius 2 is 1.65 bits per heavy atom. The molecular formula is C25H24O6. The van der Waals surface area contributed by atoms with Gasteiger partial charge in [-0.1, -0.05) is 6.08 Å². The molecule has 2 aromatic carbocycles. The number of ether oxygens (including phenoxy) is 3. The van der Waals surface area contributed by atoms with Crippen molar-refractivity contribution in [2.45, 2.75) is 44.8 Å². The molecule has 160 valence electrons. The van der Waals surface area contributed by atoms with E-state index in [4.69, 9.17) is 14.2 Å². The fourth-order valence-electron chi connectivity index (χ4n) is 4.19. The van der Waals surface area contributed by atoms with Crippen molar-refractivity contribution >= 4 is 17.9 Å². The quantitative estimate of drug-likeness (QED) is 0.688. The van der Waals surface area contributed by atoms with Gasteiger partial charge in [-0.25, -0.2) is 0 Å². The summed E-state index contributed by atoms with van der Waals surface area (Å²) in [5, 5.41) is 21.4. The minimum Gasteiger partial charge on any atom is -0.506 e. The number of carbonyl (C=O) groups excluding carboxylic acids is 1. The van der Waals surface area contributed by atoms with Gasteiger partial charge < -0.3 is 24.4 Å². The van der Waals surface area contributed by atoms with Gasteiger partial charge in [-0.15, -0.1) is 0 Å². The van der Waals surface area contributed by atoms with Gasteiger partial charge >= 0.3 is 0 Å². The van der Waals surface area contributed by atoms with E-state index in [9.17, 15) is 15.0 Å². The molecule has 1 atom stereocenters. The molecule has 0 saturated heterocycles. The van der Waals surface area contributed by atoms with Crippen LogP contribution in [0.5, 0.6) is 28.7 Å². The van der Waals surface area contributed by atoms with E-state index in [0.717, 1.165) is 0 Å². The van der Waals surface area contributed by atoms with Gasteiger partial charge in [0.25, 0.3) is 0 Å². The third-order valence-corrected chi connectivity index (χ3v) is 5.81. The third kappa shape index (κ3) is 3.14. The molecule has 3 aliphatic rings. The maximum atomic E-state index is 13.4. The van der Waals surface area contributed by atoms with Gasteiger partial charge in [0, 0.05) is 11.6 Å². The fraction of sp³-hybridized carbons (Fsp3) is 0.320. The van der Waals surface area contributed by atoms with Crippen molar-refractivity contribution in [2.75, 3.05) is 6.61 Å². The zero-order chi connectivity index (χ0) is 22.1. The fourth-order valence-corrected chi connectivity index (χ4v) is 4.19. The lowest BCUT2D eigenvalue weighted by Gasteiger charge is -2.32. The molecule has 3 heterocycles. The molecule has 0 saturated carbocycles. The normalized spacial score (nSPS) is 21.8. The molecule has 0 fully saturated rings. The Bertz CT molecular complexity index is 1190. The van der Waals surface area contributed by atoms with E-state index in [1.807, 2.05) is 52.0 Å². The smallest absolute Gasteiger partial charge is 0.181 e. The van der Waals surface area contributed by atoms with Crippen molar-refractivity contribution in [3.8, 4) is 28.7 Å². The van der Waals surface area contributed by atoms with E-state index in [0.29, 0.717) is 33.9 Å². The second-order valence-electron chi connectivity index (χ2n) is 9.27. The number of rotatable bonds is 1. The highest BCUT2D eigenvalue weighted by atomic mass is 16.5. The molecule has 3 aliphatic heterocycles. The Kier molecular flexibility index (Phi) is 3.97. The van der Waals surface area contributed by atoms with Crippen LogP contribution in [0.25, 0.3) is 12.2 Å². The molecule has 31 heavy (non-hydrogen) atoms. The Morgan fingerprint density at radius 3 is 2.42 bits per heavy atom. The molecule has 0 amide bonds.